The minimum absolute atomic E-state index is 0.546. The molecule has 0 heterocycles. The lowest BCUT2D eigenvalue weighted by atomic mass is 10.1. The number of anilines is 1. The smallest absolute Gasteiger partial charge is 0.422 e. The molecule has 5 nitrogen and oxygen atoms in total. The van der Waals surface area contributed by atoms with Gasteiger partial charge in [0, 0.05) is 6.07 Å². The van der Waals surface area contributed by atoms with E-state index in [1.807, 2.05) is 0 Å². The molecule has 0 amide bonds. The van der Waals surface area contributed by atoms with Gasteiger partial charge in [-0.25, -0.2) is 0 Å². The van der Waals surface area contributed by atoms with E-state index in [4.69, 9.17) is 5.73 Å². The Morgan fingerprint density at radius 1 is 1.44 bits per heavy atom. The first-order valence-corrected chi connectivity index (χ1v) is 3.97. The summed E-state index contributed by atoms with van der Waals surface area (Å²) in [4.78, 5) is 9.44. The molecule has 16 heavy (non-hydrogen) atoms. The van der Waals surface area contributed by atoms with Crippen LogP contribution in [0.5, 0.6) is 5.75 Å². The largest absolute Gasteiger partial charge is 0.496 e. The summed E-state index contributed by atoms with van der Waals surface area (Å²) in [6, 6.07) is 1.72. The third-order valence-electron chi connectivity index (χ3n) is 1.88. The van der Waals surface area contributed by atoms with E-state index in [-0.39, 0.29) is 0 Å². The van der Waals surface area contributed by atoms with Crippen LogP contribution in [0, 0.1) is 10.1 Å². The lowest BCUT2D eigenvalue weighted by Gasteiger charge is -2.13. The second kappa shape index (κ2) is 3.87. The lowest BCUT2D eigenvalue weighted by molar-refractivity contribution is -0.384. The Bertz CT molecular complexity index is 431. The molecule has 0 aromatic heterocycles. The van der Waals surface area contributed by atoms with Crippen LogP contribution in [0.1, 0.15) is 5.56 Å². The number of nitrogens with zero attached hydrogens (tertiary/aromatic N) is 1. The molecule has 88 valence electrons. The molecule has 0 saturated heterocycles. The Morgan fingerprint density at radius 3 is 2.38 bits per heavy atom. The number of nitrogen functional groups attached to an aromatic ring is 1. The van der Waals surface area contributed by atoms with Crippen LogP contribution in [0.2, 0.25) is 0 Å². The maximum atomic E-state index is 12.6. The molecule has 0 fully saturated rings. The fraction of sp³-hybridized carbons (Fsp3) is 0.250. The van der Waals surface area contributed by atoms with Crippen LogP contribution in [0.15, 0.2) is 12.1 Å². The molecule has 0 atom stereocenters. The third-order valence-corrected chi connectivity index (χ3v) is 1.88. The van der Waals surface area contributed by atoms with Crippen molar-refractivity contribution in [2.24, 2.45) is 0 Å². The highest BCUT2D eigenvalue weighted by Gasteiger charge is 2.39. The molecule has 0 radical (unpaired) electrons. The third kappa shape index (κ3) is 2.00. The summed E-state index contributed by atoms with van der Waals surface area (Å²) in [6.45, 7) is 0. The van der Waals surface area contributed by atoms with E-state index < -0.39 is 33.8 Å². The number of ether oxygens (including phenoxy) is 1. The number of hydrogen-bond acceptors (Lipinski definition) is 4. The molecule has 0 aliphatic heterocycles. The van der Waals surface area contributed by atoms with Gasteiger partial charge in [0.05, 0.1) is 12.0 Å². The Kier molecular flexibility index (Phi) is 2.92. The van der Waals surface area contributed by atoms with Crippen LogP contribution in [-0.2, 0) is 6.18 Å². The van der Waals surface area contributed by atoms with Crippen LogP contribution < -0.4 is 10.5 Å². The number of halogens is 3. The highest BCUT2D eigenvalue weighted by Crippen LogP contribution is 2.43. The van der Waals surface area contributed by atoms with E-state index in [1.165, 1.54) is 0 Å². The number of methoxy groups -OCH3 is 1. The van der Waals surface area contributed by atoms with Gasteiger partial charge in [0.15, 0.2) is 0 Å². The minimum Gasteiger partial charge on any atom is -0.496 e. The van der Waals surface area contributed by atoms with Gasteiger partial charge in [0.25, 0.3) is 5.69 Å². The minimum atomic E-state index is -4.80. The van der Waals surface area contributed by atoms with Crippen LogP contribution in [-0.4, -0.2) is 12.0 Å². The Morgan fingerprint density at radius 2 is 2.00 bits per heavy atom. The van der Waals surface area contributed by atoms with Gasteiger partial charge in [0.1, 0.15) is 17.0 Å². The highest BCUT2D eigenvalue weighted by atomic mass is 19.4. The van der Waals surface area contributed by atoms with Crippen molar-refractivity contribution in [2.45, 2.75) is 6.18 Å². The maximum Gasteiger partial charge on any atom is 0.422 e. The molecule has 1 rings (SSSR count). The van der Waals surface area contributed by atoms with E-state index in [2.05, 4.69) is 4.74 Å². The molecule has 0 unspecified atom stereocenters. The zero-order chi connectivity index (χ0) is 12.5. The van der Waals surface area contributed by atoms with Crippen molar-refractivity contribution in [1.82, 2.24) is 0 Å². The van der Waals surface area contributed by atoms with Crippen molar-refractivity contribution in [2.75, 3.05) is 12.8 Å². The topological polar surface area (TPSA) is 78.4 Å². The molecule has 1 aromatic carbocycles. The van der Waals surface area contributed by atoms with Crippen molar-refractivity contribution in [3.63, 3.8) is 0 Å². The second-order valence-corrected chi connectivity index (χ2v) is 2.83. The number of nitrogens with two attached hydrogens (primary N) is 1. The predicted octanol–water partition coefficient (Wildman–Crippen LogP) is 2.20. The summed E-state index contributed by atoms with van der Waals surface area (Å²) >= 11 is 0. The normalized spacial score (nSPS) is 11.2. The Labute approximate surface area is 87.8 Å². The number of hydrogen-bond donors (Lipinski definition) is 1. The van der Waals surface area contributed by atoms with Gasteiger partial charge in [0.2, 0.25) is 0 Å². The first-order chi connectivity index (χ1) is 7.29. The summed E-state index contributed by atoms with van der Waals surface area (Å²) in [6.07, 6.45) is -4.80. The van der Waals surface area contributed by atoms with Crippen molar-refractivity contribution >= 4 is 11.4 Å². The van der Waals surface area contributed by atoms with Crippen LogP contribution >= 0.6 is 0 Å². The summed E-state index contributed by atoms with van der Waals surface area (Å²) in [7, 11) is 1.02. The fourth-order valence-corrected chi connectivity index (χ4v) is 1.21. The molecule has 0 aliphatic carbocycles. The van der Waals surface area contributed by atoms with Gasteiger partial charge < -0.3 is 10.5 Å². The molecule has 0 aliphatic rings. The van der Waals surface area contributed by atoms with Crippen LogP contribution in [0.3, 0.4) is 0 Å². The predicted molar refractivity (Wildman–Crippen MR) is 49.1 cm³/mol. The van der Waals surface area contributed by atoms with Gasteiger partial charge in [-0.3, -0.25) is 10.1 Å². The molecule has 8 heteroatoms. The van der Waals surface area contributed by atoms with E-state index >= 15 is 0 Å². The first-order valence-electron chi connectivity index (χ1n) is 3.97. The standard InChI is InChI=1S/C8H7F3N2O3/c1-16-5-3-2-4(13(14)15)7(12)6(5)8(9,10)11/h2-3H,12H2,1H3. The van der Waals surface area contributed by atoms with Crippen LogP contribution in [0.25, 0.3) is 0 Å². The fourth-order valence-electron chi connectivity index (χ4n) is 1.21. The van der Waals surface area contributed by atoms with Crippen LogP contribution in [0.4, 0.5) is 24.5 Å². The van der Waals surface area contributed by atoms with E-state index in [0.717, 1.165) is 19.2 Å². The average molecular weight is 236 g/mol. The zero-order valence-corrected chi connectivity index (χ0v) is 8.04. The Hall–Kier alpha value is -1.99. The molecule has 0 saturated carbocycles. The van der Waals surface area contributed by atoms with E-state index in [0.29, 0.717) is 0 Å². The molecular formula is C8H7F3N2O3. The van der Waals surface area contributed by atoms with Crippen molar-refractivity contribution in [3.8, 4) is 5.75 Å². The van der Waals surface area contributed by atoms with E-state index in [9.17, 15) is 23.3 Å². The first kappa shape index (κ1) is 12.1. The molecule has 1 aromatic rings. The molecule has 2 N–H and O–H groups in total. The Balaban J connectivity index is 3.53. The zero-order valence-electron chi connectivity index (χ0n) is 8.04. The number of alkyl halides is 3. The summed E-state index contributed by atoms with van der Waals surface area (Å²) in [5, 5.41) is 10.4. The number of benzene rings is 1. The van der Waals surface area contributed by atoms with Crippen molar-refractivity contribution in [3.05, 3.63) is 27.8 Å². The summed E-state index contributed by atoms with van der Waals surface area (Å²) < 4.78 is 42.1. The number of nitro groups is 1. The molecule has 0 bridgehead atoms. The van der Waals surface area contributed by atoms with Gasteiger partial charge in [-0.2, -0.15) is 13.2 Å². The van der Waals surface area contributed by atoms with Gasteiger partial charge in [-0.1, -0.05) is 0 Å². The molecular weight excluding hydrogens is 229 g/mol. The summed E-state index contributed by atoms with van der Waals surface area (Å²) in [5.41, 5.74) is 2.03. The number of nitro benzene ring substituents is 1. The average Bonchev–Trinajstić information content (AvgIpc) is 2.14. The summed E-state index contributed by atoms with van der Waals surface area (Å²) in [5.74, 6) is -0.546. The second-order valence-electron chi connectivity index (χ2n) is 2.83. The van der Waals surface area contributed by atoms with Gasteiger partial charge in [-0.15, -0.1) is 0 Å². The van der Waals surface area contributed by atoms with Gasteiger partial charge in [-0.05, 0) is 6.07 Å². The highest BCUT2D eigenvalue weighted by molar-refractivity contribution is 5.68. The number of rotatable bonds is 2. The monoisotopic (exact) mass is 236 g/mol. The van der Waals surface area contributed by atoms with Gasteiger partial charge >= 0.3 is 6.18 Å². The van der Waals surface area contributed by atoms with Crippen molar-refractivity contribution in [1.29, 1.82) is 0 Å². The lowest BCUT2D eigenvalue weighted by Crippen LogP contribution is -2.12. The van der Waals surface area contributed by atoms with E-state index in [1.54, 1.807) is 0 Å². The maximum absolute atomic E-state index is 12.6. The SMILES string of the molecule is COc1ccc([N+](=O)[O-])c(N)c1C(F)(F)F. The quantitative estimate of drug-likeness (QED) is 0.485. The molecule has 0 spiro atoms. The van der Waals surface area contributed by atoms with Crippen molar-refractivity contribution < 1.29 is 22.8 Å².